The Kier molecular flexibility index (Phi) is 9.83. The molecule has 0 spiro atoms. The number of hydrogen-bond acceptors (Lipinski definition) is 9. The first-order chi connectivity index (χ1) is 25.2. The van der Waals surface area contributed by atoms with Gasteiger partial charge < -0.3 is 30.1 Å². The maximum Gasteiger partial charge on any atom is 0.405 e. The number of sulfonamides is 1. The van der Waals surface area contributed by atoms with Crippen LogP contribution >= 0.6 is 0 Å². The lowest BCUT2D eigenvalue weighted by Crippen LogP contribution is -2.59. The number of fused-ring (bicyclic) bond motifs is 5. The Labute approximate surface area is 309 Å². The molecule has 5 aliphatic rings. The molecule has 3 fully saturated rings. The number of allylic oxidation sites excluding steroid dienone is 1. The number of nitrogens with one attached hydrogen (secondary N) is 3. The molecule has 15 heteroatoms. The Morgan fingerprint density at radius 1 is 1.17 bits per heavy atom. The summed E-state index contributed by atoms with van der Waals surface area (Å²) in [5.41, 5.74) is -0.548. The highest BCUT2D eigenvalue weighted by atomic mass is 32.2. The second-order valence-corrected chi connectivity index (χ2v) is 18.0. The van der Waals surface area contributed by atoms with E-state index < -0.39 is 68.2 Å². The number of nitrogens with zero attached hydrogens (tertiary/aromatic N) is 2. The van der Waals surface area contributed by atoms with E-state index in [4.69, 9.17) is 14.5 Å². The molecule has 4 heterocycles. The summed E-state index contributed by atoms with van der Waals surface area (Å²) in [4.78, 5) is 61.1. The number of carbonyl (C=O) groups excluding carboxylic acids is 3. The zero-order chi connectivity index (χ0) is 37.7. The maximum absolute atomic E-state index is 14.6. The normalized spacial score (nSPS) is 31.6. The van der Waals surface area contributed by atoms with Crippen molar-refractivity contribution in [2.45, 2.75) is 113 Å². The zero-order valence-electron chi connectivity index (χ0n) is 30.4. The van der Waals surface area contributed by atoms with Gasteiger partial charge >= 0.3 is 6.09 Å². The molecule has 0 radical (unpaired) electrons. The summed E-state index contributed by atoms with van der Waals surface area (Å²) in [6.07, 6.45) is 6.97. The van der Waals surface area contributed by atoms with Crippen LogP contribution in [0.4, 0.5) is 4.79 Å². The number of amides is 4. The molecule has 1 saturated heterocycles. The standard InChI is InChI=1S/C38H49N5O9S/c1-4-23-18-22(2)10-5-6-11-24-20-38(24,35(46)42-53(49,50)37(3)15-16-37)41-31(44)29-19-25(21-43(29)34(45)30(23)39-36(47)48)52-33-28-13-8-7-12-26(28)27-14-9-17-51-32(27)40-33/h6-8,11-13,22-25,29-30,39H,4-5,9-10,14-21H2,1-3H3,(H,41,44)(H,42,46)(H,47,48)/b11-6-/t22-,23-,24?,25-,29+,30+,38?/m1/s1. The van der Waals surface area contributed by atoms with Crippen molar-refractivity contribution in [2.24, 2.45) is 17.8 Å². The lowest BCUT2D eigenvalue weighted by molar-refractivity contribution is -0.142. The average molecular weight is 752 g/mol. The molecule has 7 rings (SSSR count). The minimum absolute atomic E-state index is 0.0209. The van der Waals surface area contributed by atoms with E-state index >= 15 is 0 Å². The molecule has 53 heavy (non-hydrogen) atoms. The lowest BCUT2D eigenvalue weighted by Gasteiger charge is -2.33. The number of hydrogen-bond donors (Lipinski definition) is 4. The average Bonchev–Trinajstić information content (AvgIpc) is 4.01. The summed E-state index contributed by atoms with van der Waals surface area (Å²) in [5.74, 6) is -1.92. The van der Waals surface area contributed by atoms with Gasteiger partial charge in [-0.05, 0) is 81.6 Å². The minimum atomic E-state index is -4.00. The van der Waals surface area contributed by atoms with E-state index in [9.17, 15) is 32.7 Å². The number of pyridine rings is 1. The molecule has 286 valence electrons. The Balaban J connectivity index is 1.24. The van der Waals surface area contributed by atoms with Crippen molar-refractivity contribution in [3.8, 4) is 11.8 Å². The van der Waals surface area contributed by atoms with Crippen LogP contribution in [0, 0.1) is 17.8 Å². The molecule has 7 atom stereocenters. The summed E-state index contributed by atoms with van der Waals surface area (Å²) in [6, 6.07) is 5.40. The summed E-state index contributed by atoms with van der Waals surface area (Å²) < 4.78 is 40.0. The largest absolute Gasteiger partial charge is 0.477 e. The first-order valence-electron chi connectivity index (χ1n) is 18.8. The summed E-state index contributed by atoms with van der Waals surface area (Å²) in [6.45, 7) is 6.02. The molecular weight excluding hydrogens is 703 g/mol. The molecule has 0 bridgehead atoms. The van der Waals surface area contributed by atoms with E-state index in [1.807, 2.05) is 43.3 Å². The van der Waals surface area contributed by atoms with Gasteiger partial charge in [0.2, 0.25) is 33.6 Å². The van der Waals surface area contributed by atoms with Crippen LogP contribution in [0.5, 0.6) is 11.8 Å². The van der Waals surface area contributed by atoms with Crippen molar-refractivity contribution >= 4 is 44.6 Å². The number of aromatic nitrogens is 1. The molecule has 4 amide bonds. The molecule has 4 N–H and O–H groups in total. The fraction of sp³-hybridized carbons (Fsp3) is 0.605. The Hall–Kier alpha value is -4.40. The fourth-order valence-corrected chi connectivity index (χ4v) is 9.55. The van der Waals surface area contributed by atoms with Crippen molar-refractivity contribution in [1.82, 2.24) is 25.2 Å². The topological polar surface area (TPSA) is 193 Å². The van der Waals surface area contributed by atoms with Crippen molar-refractivity contribution in [3.05, 3.63) is 42.0 Å². The molecule has 2 unspecified atom stereocenters. The van der Waals surface area contributed by atoms with Crippen LogP contribution in [0.1, 0.15) is 84.1 Å². The van der Waals surface area contributed by atoms with Crippen LogP contribution in [0.3, 0.4) is 0 Å². The van der Waals surface area contributed by atoms with E-state index in [1.165, 1.54) is 4.90 Å². The number of benzene rings is 1. The fourth-order valence-electron chi connectivity index (χ4n) is 8.24. The van der Waals surface area contributed by atoms with Crippen LogP contribution in [-0.4, -0.2) is 88.8 Å². The van der Waals surface area contributed by atoms with E-state index in [0.29, 0.717) is 50.5 Å². The van der Waals surface area contributed by atoms with Gasteiger partial charge in [-0.3, -0.25) is 19.1 Å². The lowest BCUT2D eigenvalue weighted by atomic mass is 9.85. The van der Waals surface area contributed by atoms with Crippen molar-refractivity contribution in [2.75, 3.05) is 13.2 Å². The van der Waals surface area contributed by atoms with Gasteiger partial charge in [-0.1, -0.05) is 50.6 Å². The van der Waals surface area contributed by atoms with E-state index in [1.54, 1.807) is 6.92 Å². The first kappa shape index (κ1) is 36.9. The predicted molar refractivity (Wildman–Crippen MR) is 195 cm³/mol. The highest BCUT2D eigenvalue weighted by molar-refractivity contribution is 7.91. The van der Waals surface area contributed by atoms with Crippen molar-refractivity contribution < 1.29 is 42.2 Å². The van der Waals surface area contributed by atoms with Crippen LogP contribution < -0.4 is 24.8 Å². The monoisotopic (exact) mass is 751 g/mol. The first-order valence-corrected chi connectivity index (χ1v) is 20.3. The second-order valence-electron chi connectivity index (χ2n) is 15.8. The SMILES string of the molecule is CC[C@@H]1C[C@H](C)CC/C=C\C2CC2(C(=O)NS(=O)(=O)C2(C)CC2)NC(=O)[C@@H]2C[C@@H](Oc3nc4c(c5ccccc35)CCCO4)CN2C(=O)[C@H]1NC(=O)O. The van der Waals surface area contributed by atoms with Crippen molar-refractivity contribution in [1.29, 1.82) is 0 Å². The minimum Gasteiger partial charge on any atom is -0.477 e. The van der Waals surface area contributed by atoms with Gasteiger partial charge in [-0.15, -0.1) is 0 Å². The van der Waals surface area contributed by atoms with E-state index in [-0.39, 0.29) is 31.2 Å². The molecular formula is C38H49N5O9S. The van der Waals surface area contributed by atoms with Gasteiger partial charge in [0, 0.05) is 23.3 Å². The number of ether oxygens (including phenoxy) is 2. The number of carboxylic acid groups (broad SMARTS) is 1. The van der Waals surface area contributed by atoms with Gasteiger partial charge in [0.25, 0.3) is 5.91 Å². The third-order valence-corrected chi connectivity index (χ3v) is 14.1. The van der Waals surface area contributed by atoms with Gasteiger partial charge in [-0.2, -0.15) is 4.98 Å². The van der Waals surface area contributed by atoms with Gasteiger partial charge in [0.1, 0.15) is 23.7 Å². The molecule has 2 aliphatic carbocycles. The molecule has 14 nitrogen and oxygen atoms in total. The summed E-state index contributed by atoms with van der Waals surface area (Å²) in [7, 11) is -4.00. The third-order valence-electron chi connectivity index (χ3n) is 11.9. The Bertz CT molecular complexity index is 1950. The highest BCUT2D eigenvalue weighted by Gasteiger charge is 2.63. The van der Waals surface area contributed by atoms with Crippen LogP contribution in [0.15, 0.2) is 36.4 Å². The Morgan fingerprint density at radius 3 is 2.64 bits per heavy atom. The Morgan fingerprint density at radius 2 is 1.92 bits per heavy atom. The molecule has 2 saturated carbocycles. The van der Waals surface area contributed by atoms with E-state index in [2.05, 4.69) is 22.3 Å². The molecule has 3 aliphatic heterocycles. The van der Waals surface area contributed by atoms with Gasteiger partial charge in [0.15, 0.2) is 0 Å². The molecule has 2 aromatic rings. The smallest absolute Gasteiger partial charge is 0.405 e. The summed E-state index contributed by atoms with van der Waals surface area (Å²) >= 11 is 0. The van der Waals surface area contributed by atoms with E-state index in [0.717, 1.165) is 35.6 Å². The number of aryl methyl sites for hydroxylation is 1. The number of carbonyl (C=O) groups is 4. The van der Waals surface area contributed by atoms with Crippen molar-refractivity contribution in [3.63, 3.8) is 0 Å². The van der Waals surface area contributed by atoms with Crippen LogP contribution in [0.25, 0.3) is 10.8 Å². The quantitative estimate of drug-likeness (QED) is 0.303. The van der Waals surface area contributed by atoms with Crippen LogP contribution in [0.2, 0.25) is 0 Å². The second kappa shape index (κ2) is 14.1. The van der Waals surface area contributed by atoms with Gasteiger partial charge in [0.05, 0.1) is 17.9 Å². The predicted octanol–water partition coefficient (Wildman–Crippen LogP) is 3.82. The summed E-state index contributed by atoms with van der Waals surface area (Å²) in [5, 5.41) is 16.9. The highest BCUT2D eigenvalue weighted by Crippen LogP contribution is 2.48. The third kappa shape index (κ3) is 7.16. The zero-order valence-corrected chi connectivity index (χ0v) is 31.2. The maximum atomic E-state index is 14.6. The van der Waals surface area contributed by atoms with Gasteiger partial charge in [-0.25, -0.2) is 13.2 Å². The molecule has 1 aromatic carbocycles. The number of rotatable bonds is 7. The van der Waals surface area contributed by atoms with Crippen LogP contribution in [-0.2, 0) is 30.8 Å². The molecule has 1 aromatic heterocycles.